The Hall–Kier alpha value is -3.37. The van der Waals surface area contributed by atoms with E-state index in [2.05, 4.69) is 10.2 Å². The van der Waals surface area contributed by atoms with Gasteiger partial charge in [0.25, 0.3) is 5.91 Å². The molecule has 2 aromatic rings. The summed E-state index contributed by atoms with van der Waals surface area (Å²) in [4.78, 5) is 47.1. The van der Waals surface area contributed by atoms with Gasteiger partial charge in [0.1, 0.15) is 11.4 Å². The summed E-state index contributed by atoms with van der Waals surface area (Å²) in [5, 5.41) is 13.2. The number of aromatic nitrogens is 1. The zero-order valence-corrected chi connectivity index (χ0v) is 25.4. The van der Waals surface area contributed by atoms with Crippen LogP contribution in [0.1, 0.15) is 61.9 Å². The van der Waals surface area contributed by atoms with Crippen LogP contribution in [0, 0.1) is 23.7 Å². The van der Waals surface area contributed by atoms with Gasteiger partial charge < -0.3 is 29.7 Å². The van der Waals surface area contributed by atoms with Crippen molar-refractivity contribution in [2.45, 2.75) is 57.1 Å². The third-order valence-electron chi connectivity index (χ3n) is 9.60. The molecule has 5 fully saturated rings. The van der Waals surface area contributed by atoms with Crippen molar-refractivity contribution in [3.8, 4) is 17.0 Å². The molecule has 5 aliphatic rings. The van der Waals surface area contributed by atoms with Crippen molar-refractivity contribution >= 4 is 35.3 Å². The second-order valence-electron chi connectivity index (χ2n) is 12.8. The normalized spacial score (nSPS) is 27.5. The van der Waals surface area contributed by atoms with Crippen LogP contribution in [-0.2, 0) is 9.53 Å². The molecular weight excluding hydrogens is 572 g/mol. The van der Waals surface area contributed by atoms with Crippen molar-refractivity contribution in [3.63, 3.8) is 0 Å². The average Bonchev–Trinajstić information content (AvgIpc) is 3.39. The van der Waals surface area contributed by atoms with Crippen LogP contribution in [0.4, 0.5) is 10.5 Å². The first-order valence-electron chi connectivity index (χ1n) is 15.3. The number of nitrogens with zero attached hydrogens (tertiary/aromatic N) is 3. The maximum atomic E-state index is 13.9. The first kappa shape index (κ1) is 29.7. The summed E-state index contributed by atoms with van der Waals surface area (Å²) in [6.45, 7) is 1.90. The summed E-state index contributed by atoms with van der Waals surface area (Å²) in [5.41, 5.74) is 0.566. The van der Waals surface area contributed by atoms with E-state index >= 15 is 0 Å². The number of carbonyl (C=O) groups is 3. The van der Waals surface area contributed by atoms with Crippen LogP contribution in [0.2, 0.25) is 5.02 Å². The Balaban J connectivity index is 1.33. The molecule has 0 atom stereocenters. The van der Waals surface area contributed by atoms with Crippen LogP contribution in [0.15, 0.2) is 30.3 Å². The van der Waals surface area contributed by atoms with Crippen LogP contribution in [-0.4, -0.2) is 72.5 Å². The van der Waals surface area contributed by atoms with Gasteiger partial charge in [0, 0.05) is 36.9 Å². The van der Waals surface area contributed by atoms with E-state index in [1.165, 1.54) is 6.42 Å². The maximum Gasteiger partial charge on any atom is 0.507 e. The number of carboxylic acid groups (broad SMARTS) is 1. The summed E-state index contributed by atoms with van der Waals surface area (Å²) in [6, 6.07) is 8.66. The van der Waals surface area contributed by atoms with E-state index in [1.807, 2.05) is 14.1 Å². The average molecular weight is 611 g/mol. The predicted molar refractivity (Wildman–Crippen MR) is 161 cm³/mol. The Kier molecular flexibility index (Phi) is 8.26. The van der Waals surface area contributed by atoms with Crippen LogP contribution in [0.25, 0.3) is 11.3 Å². The van der Waals surface area contributed by atoms with Crippen LogP contribution in [0.5, 0.6) is 5.75 Å². The molecule has 230 valence electrons. The molecule has 10 nitrogen and oxygen atoms in total. The highest BCUT2D eigenvalue weighted by Crippen LogP contribution is 2.58. The van der Waals surface area contributed by atoms with Gasteiger partial charge >= 0.3 is 6.16 Å². The predicted octanol–water partition coefficient (Wildman–Crippen LogP) is 5.44. The molecule has 0 radical (unpaired) electrons. The van der Waals surface area contributed by atoms with Crippen LogP contribution >= 0.6 is 11.6 Å². The standard InChI is InChI=1S/C32H39ClN4O6/c1-36(2)10-4-12-42-27-18-21(6-7-24(27)33)29-26(37-11-3-5-28(37)38)9-8-25(34-29)30(39)35-32(43-31(40)41)22-14-19-13-20(16-22)17-23(32)15-19/h6-9,18-20,22-23H,3-5,10-17H2,1-2H3,(H,35,39)(H,40,41). The number of anilines is 1. The second-order valence-corrected chi connectivity index (χ2v) is 13.2. The van der Waals surface area contributed by atoms with E-state index in [4.69, 9.17) is 26.1 Å². The van der Waals surface area contributed by atoms with E-state index in [0.717, 1.165) is 45.1 Å². The minimum absolute atomic E-state index is 0.00298. The second kappa shape index (κ2) is 12.0. The summed E-state index contributed by atoms with van der Waals surface area (Å²) in [5.74, 6) is 0.976. The monoisotopic (exact) mass is 610 g/mol. The zero-order valence-electron chi connectivity index (χ0n) is 24.7. The highest BCUT2D eigenvalue weighted by molar-refractivity contribution is 6.32. The molecule has 7 rings (SSSR count). The number of ether oxygens (including phenoxy) is 2. The first-order chi connectivity index (χ1) is 20.6. The van der Waals surface area contributed by atoms with Crippen molar-refractivity contribution < 1.29 is 29.0 Å². The van der Waals surface area contributed by atoms with Crippen molar-refractivity contribution in [3.05, 3.63) is 41.0 Å². The number of hydrogen-bond donors (Lipinski definition) is 2. The Morgan fingerprint density at radius 2 is 1.84 bits per heavy atom. The van der Waals surface area contributed by atoms with Gasteiger partial charge in [-0.2, -0.15) is 0 Å². The molecule has 4 saturated carbocycles. The van der Waals surface area contributed by atoms with Crippen LogP contribution < -0.4 is 15.0 Å². The Labute approximate surface area is 256 Å². The molecule has 11 heteroatoms. The Morgan fingerprint density at radius 1 is 1.12 bits per heavy atom. The summed E-state index contributed by atoms with van der Waals surface area (Å²) in [6.07, 6.45) is 5.17. The zero-order chi connectivity index (χ0) is 30.3. The number of carbonyl (C=O) groups excluding carboxylic acids is 2. The van der Waals surface area contributed by atoms with Gasteiger partial charge in [-0.05, 0) is 95.1 Å². The molecule has 1 aliphatic heterocycles. The Morgan fingerprint density at radius 3 is 2.47 bits per heavy atom. The SMILES string of the molecule is CN(C)CCCOc1cc(-c2nc(C(=O)NC3(OC(=O)O)C4CC5CC(C4)CC3C5)ccc2N2CCCC2=O)ccc1Cl. The minimum atomic E-state index is -1.39. The van der Waals surface area contributed by atoms with Crippen molar-refractivity contribution in [2.24, 2.45) is 23.7 Å². The molecule has 43 heavy (non-hydrogen) atoms. The van der Waals surface area contributed by atoms with E-state index in [9.17, 15) is 19.5 Å². The van der Waals surface area contributed by atoms with E-state index < -0.39 is 17.8 Å². The van der Waals surface area contributed by atoms with Gasteiger partial charge in [-0.1, -0.05) is 17.7 Å². The molecule has 2 amide bonds. The fourth-order valence-corrected chi connectivity index (χ4v) is 8.07. The molecule has 4 bridgehead atoms. The molecule has 1 aromatic heterocycles. The first-order valence-corrected chi connectivity index (χ1v) is 15.6. The van der Waals surface area contributed by atoms with Gasteiger partial charge in [-0.3, -0.25) is 9.59 Å². The lowest BCUT2D eigenvalue weighted by Gasteiger charge is -2.59. The van der Waals surface area contributed by atoms with Gasteiger partial charge in [0.15, 0.2) is 5.72 Å². The number of hydrogen-bond acceptors (Lipinski definition) is 7. The number of amides is 2. The highest BCUT2D eigenvalue weighted by atomic mass is 35.5. The largest absolute Gasteiger partial charge is 0.507 e. The number of halogens is 1. The van der Waals surface area contributed by atoms with Crippen LogP contribution in [0.3, 0.4) is 0 Å². The van der Waals surface area contributed by atoms with E-state index in [1.54, 1.807) is 35.2 Å². The summed E-state index contributed by atoms with van der Waals surface area (Å²) < 4.78 is 11.6. The van der Waals surface area contributed by atoms with Gasteiger partial charge in [0.05, 0.1) is 23.0 Å². The van der Waals surface area contributed by atoms with Gasteiger partial charge in [-0.15, -0.1) is 0 Å². The molecule has 4 aliphatic carbocycles. The lowest BCUT2D eigenvalue weighted by atomic mass is 9.52. The van der Waals surface area contributed by atoms with E-state index in [0.29, 0.717) is 59.1 Å². The Bertz CT molecular complexity index is 1390. The lowest BCUT2D eigenvalue weighted by molar-refractivity contribution is -0.191. The fourth-order valence-electron chi connectivity index (χ4n) is 7.90. The van der Waals surface area contributed by atoms with E-state index in [-0.39, 0.29) is 23.4 Å². The number of nitrogens with one attached hydrogen (secondary N) is 1. The van der Waals surface area contributed by atoms with Gasteiger partial charge in [-0.25, -0.2) is 9.78 Å². The topological polar surface area (TPSA) is 121 Å². The number of rotatable bonds is 10. The number of pyridine rings is 1. The molecule has 2 heterocycles. The van der Waals surface area contributed by atoms with Crippen molar-refractivity contribution in [2.75, 3.05) is 38.7 Å². The molecule has 0 spiro atoms. The highest BCUT2D eigenvalue weighted by Gasteiger charge is 2.61. The summed E-state index contributed by atoms with van der Waals surface area (Å²) in [7, 11) is 4.00. The third-order valence-corrected chi connectivity index (χ3v) is 9.91. The minimum Gasteiger partial charge on any atom is -0.492 e. The number of benzene rings is 1. The quantitative estimate of drug-likeness (QED) is 0.207. The summed E-state index contributed by atoms with van der Waals surface area (Å²) >= 11 is 6.48. The smallest absolute Gasteiger partial charge is 0.492 e. The molecule has 0 unspecified atom stereocenters. The molecule has 1 aromatic carbocycles. The van der Waals surface area contributed by atoms with Crippen molar-refractivity contribution in [1.29, 1.82) is 0 Å². The lowest BCUT2D eigenvalue weighted by Crippen LogP contribution is -2.68. The van der Waals surface area contributed by atoms with Gasteiger partial charge in [0.2, 0.25) is 5.91 Å². The maximum absolute atomic E-state index is 13.9. The molecule has 1 saturated heterocycles. The molecular formula is C32H39ClN4O6. The fraction of sp³-hybridized carbons (Fsp3) is 0.562. The third kappa shape index (κ3) is 5.91. The molecule has 2 N–H and O–H groups in total. The van der Waals surface area contributed by atoms with Crippen molar-refractivity contribution in [1.82, 2.24) is 15.2 Å².